The van der Waals surface area contributed by atoms with Crippen molar-refractivity contribution >= 4 is 29.3 Å². The number of carbonyl (C=O) groups is 3. The molecule has 0 bridgehead atoms. The third-order valence-electron chi connectivity index (χ3n) is 4.22. The molecule has 0 aromatic heterocycles. The number of hydrogen-bond donors (Lipinski definition) is 4. The Morgan fingerprint density at radius 3 is 2.34 bits per heavy atom. The molecule has 0 aliphatic heterocycles. The normalized spacial score (nSPS) is 11.6. The molecule has 1 atom stereocenters. The molecule has 0 aliphatic rings. The lowest BCUT2D eigenvalue weighted by Crippen LogP contribution is -2.52. The highest BCUT2D eigenvalue weighted by molar-refractivity contribution is 6.31. The minimum Gasteiger partial charge on any atom is -0.507 e. The van der Waals surface area contributed by atoms with E-state index in [2.05, 4.69) is 16.2 Å². The standard InChI is InChI=1S/C21H24ClN3O4/c1-12(2)10-17(23-19(27)15-7-5-4-6-13(15)3)21(29)25-24-20(28)16-11-14(22)8-9-18(16)26/h4-9,11-12,17,26H,10H2,1-3H3,(H,23,27)(H,24,28)(H,25,29). The highest BCUT2D eigenvalue weighted by Crippen LogP contribution is 2.21. The van der Waals surface area contributed by atoms with E-state index in [0.717, 1.165) is 5.56 Å². The van der Waals surface area contributed by atoms with E-state index in [1.54, 1.807) is 12.1 Å². The summed E-state index contributed by atoms with van der Waals surface area (Å²) in [5, 5.41) is 12.8. The number of amides is 3. The third kappa shape index (κ3) is 6.22. The van der Waals surface area contributed by atoms with Crippen LogP contribution >= 0.6 is 11.6 Å². The van der Waals surface area contributed by atoms with Crippen molar-refractivity contribution in [2.45, 2.75) is 33.2 Å². The third-order valence-corrected chi connectivity index (χ3v) is 4.46. The van der Waals surface area contributed by atoms with E-state index in [9.17, 15) is 19.5 Å². The Kier molecular flexibility index (Phi) is 7.61. The van der Waals surface area contributed by atoms with Crippen LogP contribution in [0.5, 0.6) is 5.75 Å². The Balaban J connectivity index is 2.06. The number of carbonyl (C=O) groups excluding carboxylic acids is 3. The molecule has 0 saturated heterocycles. The fraction of sp³-hybridized carbons (Fsp3) is 0.286. The minimum absolute atomic E-state index is 0.0813. The molecule has 0 heterocycles. The first-order chi connectivity index (χ1) is 13.7. The van der Waals surface area contributed by atoms with Gasteiger partial charge in [0.2, 0.25) is 0 Å². The van der Waals surface area contributed by atoms with Gasteiger partial charge in [-0.25, -0.2) is 0 Å². The molecule has 29 heavy (non-hydrogen) atoms. The van der Waals surface area contributed by atoms with Crippen LogP contribution in [-0.2, 0) is 4.79 Å². The molecule has 0 fully saturated rings. The molecule has 0 aliphatic carbocycles. The van der Waals surface area contributed by atoms with Gasteiger partial charge in [-0.1, -0.05) is 43.6 Å². The number of nitrogens with one attached hydrogen (secondary N) is 3. The van der Waals surface area contributed by atoms with Crippen molar-refractivity contribution in [1.82, 2.24) is 16.2 Å². The maximum Gasteiger partial charge on any atom is 0.273 e. The molecule has 154 valence electrons. The maximum atomic E-state index is 12.6. The number of benzene rings is 2. The zero-order valence-electron chi connectivity index (χ0n) is 16.5. The van der Waals surface area contributed by atoms with Gasteiger partial charge >= 0.3 is 0 Å². The first-order valence-corrected chi connectivity index (χ1v) is 9.52. The van der Waals surface area contributed by atoms with Crippen molar-refractivity contribution in [3.8, 4) is 5.75 Å². The van der Waals surface area contributed by atoms with Crippen molar-refractivity contribution in [3.05, 3.63) is 64.2 Å². The van der Waals surface area contributed by atoms with Crippen LogP contribution in [0.2, 0.25) is 5.02 Å². The Labute approximate surface area is 174 Å². The molecule has 0 saturated carbocycles. The predicted octanol–water partition coefficient (Wildman–Crippen LogP) is 2.96. The highest BCUT2D eigenvalue weighted by atomic mass is 35.5. The van der Waals surface area contributed by atoms with Gasteiger partial charge in [-0.3, -0.25) is 25.2 Å². The summed E-state index contributed by atoms with van der Waals surface area (Å²) in [6.45, 7) is 5.65. The zero-order valence-corrected chi connectivity index (χ0v) is 17.2. The highest BCUT2D eigenvalue weighted by Gasteiger charge is 2.24. The Bertz CT molecular complexity index is 915. The number of phenolic OH excluding ortho intramolecular Hbond substituents is 1. The number of phenols is 1. The van der Waals surface area contributed by atoms with Gasteiger partial charge in [-0.05, 0) is 49.1 Å². The first kappa shape index (κ1) is 22.2. The molecule has 8 heteroatoms. The van der Waals surface area contributed by atoms with Crippen LogP contribution in [0.3, 0.4) is 0 Å². The van der Waals surface area contributed by atoms with E-state index in [4.69, 9.17) is 11.6 Å². The van der Waals surface area contributed by atoms with Crippen molar-refractivity contribution < 1.29 is 19.5 Å². The second-order valence-electron chi connectivity index (χ2n) is 7.08. The van der Waals surface area contributed by atoms with Crippen molar-refractivity contribution in [2.75, 3.05) is 0 Å². The van der Waals surface area contributed by atoms with Gasteiger partial charge < -0.3 is 10.4 Å². The van der Waals surface area contributed by atoms with E-state index in [1.807, 2.05) is 32.9 Å². The second kappa shape index (κ2) is 9.93. The quantitative estimate of drug-likeness (QED) is 0.542. The summed E-state index contributed by atoms with van der Waals surface area (Å²) in [5.74, 6) is -1.83. The summed E-state index contributed by atoms with van der Waals surface area (Å²) < 4.78 is 0. The van der Waals surface area contributed by atoms with Crippen LogP contribution in [-0.4, -0.2) is 28.9 Å². The largest absolute Gasteiger partial charge is 0.507 e. The molecular weight excluding hydrogens is 394 g/mol. The van der Waals surface area contributed by atoms with Crippen LogP contribution in [0.25, 0.3) is 0 Å². The van der Waals surface area contributed by atoms with Crippen molar-refractivity contribution in [1.29, 1.82) is 0 Å². The van der Waals surface area contributed by atoms with Gasteiger partial charge in [0.25, 0.3) is 17.7 Å². The van der Waals surface area contributed by atoms with Crippen LogP contribution < -0.4 is 16.2 Å². The lowest BCUT2D eigenvalue weighted by Gasteiger charge is -2.21. The number of halogens is 1. The average molecular weight is 418 g/mol. The van der Waals surface area contributed by atoms with Crippen LogP contribution in [0.15, 0.2) is 42.5 Å². The van der Waals surface area contributed by atoms with E-state index in [0.29, 0.717) is 12.0 Å². The van der Waals surface area contributed by atoms with Gasteiger partial charge in [-0.15, -0.1) is 0 Å². The molecule has 0 spiro atoms. The fourth-order valence-corrected chi connectivity index (χ4v) is 2.90. The predicted molar refractivity (Wildman–Crippen MR) is 111 cm³/mol. The van der Waals surface area contributed by atoms with E-state index >= 15 is 0 Å². The fourth-order valence-electron chi connectivity index (χ4n) is 2.73. The van der Waals surface area contributed by atoms with E-state index in [-0.39, 0.29) is 28.2 Å². The SMILES string of the molecule is Cc1ccccc1C(=O)NC(CC(C)C)C(=O)NNC(=O)c1cc(Cl)ccc1O. The number of rotatable bonds is 6. The average Bonchev–Trinajstić information content (AvgIpc) is 2.67. The molecule has 3 amide bonds. The van der Waals surface area contributed by atoms with Crippen molar-refractivity contribution in [3.63, 3.8) is 0 Å². The number of hydrazine groups is 1. The van der Waals surface area contributed by atoms with Gasteiger partial charge in [0, 0.05) is 10.6 Å². The Morgan fingerprint density at radius 1 is 1.00 bits per heavy atom. The van der Waals surface area contributed by atoms with E-state index in [1.165, 1.54) is 18.2 Å². The van der Waals surface area contributed by atoms with E-state index < -0.39 is 17.9 Å². The van der Waals surface area contributed by atoms with Gasteiger partial charge in [0.05, 0.1) is 5.56 Å². The second-order valence-corrected chi connectivity index (χ2v) is 7.51. The molecule has 2 rings (SSSR count). The number of hydrogen-bond acceptors (Lipinski definition) is 4. The topological polar surface area (TPSA) is 108 Å². The van der Waals surface area contributed by atoms with Crippen molar-refractivity contribution in [2.24, 2.45) is 5.92 Å². The van der Waals surface area contributed by atoms with Crippen LogP contribution in [0, 0.1) is 12.8 Å². The van der Waals surface area contributed by atoms with Gasteiger partial charge in [0.15, 0.2) is 0 Å². The number of aromatic hydroxyl groups is 1. The lowest BCUT2D eigenvalue weighted by molar-refractivity contribution is -0.124. The minimum atomic E-state index is -0.852. The molecule has 0 radical (unpaired) electrons. The Morgan fingerprint density at radius 2 is 1.69 bits per heavy atom. The molecule has 4 N–H and O–H groups in total. The summed E-state index contributed by atoms with van der Waals surface area (Å²) in [4.78, 5) is 37.4. The summed E-state index contributed by atoms with van der Waals surface area (Å²) in [6, 6.07) is 10.2. The molecular formula is C21H24ClN3O4. The summed E-state index contributed by atoms with van der Waals surface area (Å²) in [6.07, 6.45) is 0.377. The zero-order chi connectivity index (χ0) is 21.6. The first-order valence-electron chi connectivity index (χ1n) is 9.14. The smallest absolute Gasteiger partial charge is 0.273 e. The summed E-state index contributed by atoms with van der Waals surface area (Å²) in [7, 11) is 0. The molecule has 1 unspecified atom stereocenters. The monoisotopic (exact) mass is 417 g/mol. The Hall–Kier alpha value is -3.06. The lowest BCUT2D eigenvalue weighted by atomic mass is 10.0. The molecule has 2 aromatic rings. The molecule has 2 aromatic carbocycles. The molecule has 7 nitrogen and oxygen atoms in total. The van der Waals surface area contributed by atoms with Gasteiger partial charge in [0.1, 0.15) is 11.8 Å². The van der Waals surface area contributed by atoms with Gasteiger partial charge in [-0.2, -0.15) is 0 Å². The van der Waals surface area contributed by atoms with Crippen LogP contribution in [0.1, 0.15) is 46.5 Å². The summed E-state index contributed by atoms with van der Waals surface area (Å²) >= 11 is 5.83. The maximum absolute atomic E-state index is 12.6. The number of aryl methyl sites for hydroxylation is 1. The summed E-state index contributed by atoms with van der Waals surface area (Å²) in [5.41, 5.74) is 5.72. The van der Waals surface area contributed by atoms with Crippen LogP contribution in [0.4, 0.5) is 0 Å².